The summed E-state index contributed by atoms with van der Waals surface area (Å²) >= 11 is 18.8. The van der Waals surface area contributed by atoms with Crippen LogP contribution in [-0.4, -0.2) is 34.7 Å². The molecule has 164 valence electrons. The van der Waals surface area contributed by atoms with Gasteiger partial charge in [0.2, 0.25) is 0 Å². The molecule has 1 saturated heterocycles. The lowest BCUT2D eigenvalue weighted by atomic mass is 10.0. The molecule has 0 aliphatic carbocycles. The molecule has 0 radical (unpaired) electrons. The lowest BCUT2D eigenvalue weighted by molar-refractivity contribution is -0.184. The number of aryl methyl sites for hydroxylation is 1. The van der Waals surface area contributed by atoms with Gasteiger partial charge in [0.05, 0.1) is 19.5 Å². The number of ether oxygens (including phenoxy) is 3. The van der Waals surface area contributed by atoms with E-state index >= 15 is 0 Å². The highest BCUT2D eigenvalue weighted by Crippen LogP contribution is 2.35. The summed E-state index contributed by atoms with van der Waals surface area (Å²) in [7, 11) is 0. The smallest absolute Gasteiger partial charge is 0.187 e. The normalized spacial score (nSPS) is 20.8. The van der Waals surface area contributed by atoms with Crippen LogP contribution >= 0.6 is 34.8 Å². The highest BCUT2D eigenvalue weighted by molar-refractivity contribution is 6.39. The summed E-state index contributed by atoms with van der Waals surface area (Å²) in [6.07, 6.45) is 6.30. The zero-order valence-electron chi connectivity index (χ0n) is 17.1. The van der Waals surface area contributed by atoms with Gasteiger partial charge >= 0.3 is 0 Å². The molecule has 0 N–H and O–H groups in total. The second kappa shape index (κ2) is 9.80. The molecule has 0 bridgehead atoms. The Balaban J connectivity index is 1.45. The first kappa shape index (κ1) is 22.4. The van der Waals surface area contributed by atoms with Gasteiger partial charge in [-0.05, 0) is 43.2 Å². The quantitative estimate of drug-likeness (QED) is 0.397. The zero-order valence-corrected chi connectivity index (χ0v) is 19.3. The van der Waals surface area contributed by atoms with E-state index in [0.29, 0.717) is 47.7 Å². The number of rotatable bonds is 8. The highest BCUT2D eigenvalue weighted by atomic mass is 35.5. The predicted molar refractivity (Wildman–Crippen MR) is 122 cm³/mol. The average Bonchev–Trinajstić information content (AvgIpc) is 3.37. The SMILES string of the molecule is Cc1ccc(OCC2COC(CCc3c(Cl)cc(Cl)cc3Cl)(Cn3ccnc3)O2)cc1. The molecule has 2 heterocycles. The first-order valence-electron chi connectivity index (χ1n) is 10.0. The van der Waals surface area contributed by atoms with E-state index in [9.17, 15) is 0 Å². The molecule has 1 fully saturated rings. The van der Waals surface area contributed by atoms with Crippen molar-refractivity contribution in [2.24, 2.45) is 0 Å². The van der Waals surface area contributed by atoms with Crippen LogP contribution in [0.1, 0.15) is 17.5 Å². The summed E-state index contributed by atoms with van der Waals surface area (Å²) in [5.74, 6) is -0.0325. The van der Waals surface area contributed by atoms with Crippen LogP contribution in [0.25, 0.3) is 0 Å². The molecule has 4 rings (SSSR count). The van der Waals surface area contributed by atoms with Crippen molar-refractivity contribution in [1.29, 1.82) is 0 Å². The van der Waals surface area contributed by atoms with Crippen LogP contribution < -0.4 is 4.74 Å². The Labute approximate surface area is 196 Å². The molecule has 1 aromatic heterocycles. The molecule has 2 atom stereocenters. The van der Waals surface area contributed by atoms with Gasteiger partial charge in [0, 0.05) is 33.9 Å². The monoisotopic (exact) mass is 480 g/mol. The van der Waals surface area contributed by atoms with Crippen molar-refractivity contribution >= 4 is 34.8 Å². The lowest BCUT2D eigenvalue weighted by Crippen LogP contribution is -2.37. The molecule has 8 heteroatoms. The van der Waals surface area contributed by atoms with E-state index < -0.39 is 5.79 Å². The van der Waals surface area contributed by atoms with Crippen LogP contribution in [0.3, 0.4) is 0 Å². The van der Waals surface area contributed by atoms with Crippen molar-refractivity contribution in [3.8, 4) is 5.75 Å². The van der Waals surface area contributed by atoms with Crippen molar-refractivity contribution < 1.29 is 14.2 Å². The van der Waals surface area contributed by atoms with Gasteiger partial charge in [0.15, 0.2) is 5.79 Å². The van der Waals surface area contributed by atoms with Crippen LogP contribution in [0.4, 0.5) is 0 Å². The van der Waals surface area contributed by atoms with Crippen molar-refractivity contribution in [1.82, 2.24) is 9.55 Å². The molecule has 0 spiro atoms. The molecular weight excluding hydrogens is 459 g/mol. The van der Waals surface area contributed by atoms with E-state index in [1.54, 1.807) is 24.7 Å². The van der Waals surface area contributed by atoms with Gasteiger partial charge in [-0.15, -0.1) is 0 Å². The van der Waals surface area contributed by atoms with Crippen LogP contribution in [0.15, 0.2) is 55.1 Å². The Kier molecular flexibility index (Phi) is 7.09. The number of imidazole rings is 1. The molecule has 1 aliphatic rings. The van der Waals surface area contributed by atoms with Crippen LogP contribution in [0.2, 0.25) is 15.1 Å². The fourth-order valence-corrected chi connectivity index (χ4v) is 4.61. The number of hydrogen-bond donors (Lipinski definition) is 0. The maximum atomic E-state index is 6.38. The Bertz CT molecular complexity index is 988. The molecule has 0 amide bonds. The number of nitrogens with zero attached hydrogens (tertiary/aromatic N) is 2. The predicted octanol–water partition coefficient (Wildman–Crippen LogP) is 5.98. The first-order chi connectivity index (χ1) is 14.9. The first-order valence-corrected chi connectivity index (χ1v) is 11.2. The van der Waals surface area contributed by atoms with Gasteiger partial charge in [-0.3, -0.25) is 0 Å². The Morgan fingerprint density at radius 3 is 2.58 bits per heavy atom. The standard InChI is InChI=1S/C23H23Cl3N2O3/c1-16-2-4-18(5-3-16)29-12-19-13-30-23(31-19,14-28-9-8-27-15-28)7-6-20-21(25)10-17(24)11-22(20)26/h2-5,8-11,15,19H,6-7,12-14H2,1H3. The Hall–Kier alpha value is -1.76. The van der Waals surface area contributed by atoms with Crippen LogP contribution in [0, 0.1) is 6.92 Å². The molecular formula is C23H23Cl3N2O3. The fourth-order valence-electron chi connectivity index (χ4n) is 3.60. The largest absolute Gasteiger partial charge is 0.491 e. The maximum absolute atomic E-state index is 6.38. The van der Waals surface area contributed by atoms with E-state index in [2.05, 4.69) is 4.98 Å². The van der Waals surface area contributed by atoms with Gasteiger partial charge in [-0.1, -0.05) is 52.5 Å². The third-order valence-electron chi connectivity index (χ3n) is 5.21. The summed E-state index contributed by atoms with van der Waals surface area (Å²) < 4.78 is 20.4. The van der Waals surface area contributed by atoms with E-state index in [1.807, 2.05) is 42.0 Å². The van der Waals surface area contributed by atoms with Gasteiger partial charge in [-0.25, -0.2) is 4.98 Å². The minimum absolute atomic E-state index is 0.194. The van der Waals surface area contributed by atoms with E-state index in [4.69, 9.17) is 49.0 Å². The zero-order chi connectivity index (χ0) is 21.8. The summed E-state index contributed by atoms with van der Waals surface area (Å²) in [6, 6.07) is 11.3. The van der Waals surface area contributed by atoms with Crippen molar-refractivity contribution in [2.45, 2.75) is 38.2 Å². The van der Waals surface area contributed by atoms with E-state index in [1.165, 1.54) is 5.56 Å². The van der Waals surface area contributed by atoms with Crippen LogP contribution in [0.5, 0.6) is 5.75 Å². The topological polar surface area (TPSA) is 45.5 Å². The number of halogens is 3. The van der Waals surface area contributed by atoms with E-state index in [0.717, 1.165) is 11.3 Å². The number of hydrogen-bond acceptors (Lipinski definition) is 4. The number of aromatic nitrogens is 2. The molecule has 2 unspecified atom stereocenters. The van der Waals surface area contributed by atoms with E-state index in [-0.39, 0.29) is 6.10 Å². The van der Waals surface area contributed by atoms with Gasteiger partial charge in [0.25, 0.3) is 0 Å². The summed E-state index contributed by atoms with van der Waals surface area (Å²) in [4.78, 5) is 4.12. The minimum atomic E-state index is -0.839. The molecule has 1 aliphatic heterocycles. The van der Waals surface area contributed by atoms with Gasteiger partial charge in [0.1, 0.15) is 18.5 Å². The Morgan fingerprint density at radius 1 is 1.16 bits per heavy atom. The van der Waals surface area contributed by atoms with Gasteiger partial charge in [-0.2, -0.15) is 0 Å². The molecule has 3 aromatic rings. The maximum Gasteiger partial charge on any atom is 0.187 e. The Morgan fingerprint density at radius 2 is 1.90 bits per heavy atom. The summed E-state index contributed by atoms with van der Waals surface area (Å²) in [5.41, 5.74) is 2.01. The molecule has 31 heavy (non-hydrogen) atoms. The summed E-state index contributed by atoms with van der Waals surface area (Å²) in [5, 5.41) is 1.58. The lowest BCUT2D eigenvalue weighted by Gasteiger charge is -2.29. The van der Waals surface area contributed by atoms with Crippen molar-refractivity contribution in [2.75, 3.05) is 13.2 Å². The second-order valence-corrected chi connectivity index (χ2v) is 8.92. The third-order valence-corrected chi connectivity index (χ3v) is 6.11. The minimum Gasteiger partial charge on any atom is -0.491 e. The average molecular weight is 482 g/mol. The molecule has 5 nitrogen and oxygen atoms in total. The summed E-state index contributed by atoms with van der Waals surface area (Å²) in [6.45, 7) is 3.37. The fraction of sp³-hybridized carbons (Fsp3) is 0.348. The molecule has 2 aromatic carbocycles. The van der Waals surface area contributed by atoms with Crippen molar-refractivity contribution in [3.63, 3.8) is 0 Å². The number of benzene rings is 2. The third kappa shape index (κ3) is 5.73. The van der Waals surface area contributed by atoms with Crippen LogP contribution in [-0.2, 0) is 22.4 Å². The van der Waals surface area contributed by atoms with Crippen molar-refractivity contribution in [3.05, 3.63) is 81.3 Å². The van der Waals surface area contributed by atoms with Gasteiger partial charge < -0.3 is 18.8 Å². The second-order valence-electron chi connectivity index (χ2n) is 7.67. The molecule has 0 saturated carbocycles. The highest BCUT2D eigenvalue weighted by Gasteiger charge is 2.42.